The Kier molecular flexibility index (Phi) is 6.25. The first kappa shape index (κ1) is 13.6. The summed E-state index contributed by atoms with van der Waals surface area (Å²) in [6.07, 6.45) is 5.37. The zero-order valence-corrected chi connectivity index (χ0v) is 10.3. The van der Waals surface area contributed by atoms with Crippen molar-refractivity contribution >= 4 is 5.91 Å². The SMILES string of the molecule is CCCCCNC(=O)c1ccnc(CCO)c1. The third-order valence-electron chi connectivity index (χ3n) is 2.51. The number of amides is 1. The minimum atomic E-state index is -0.0670. The van der Waals surface area contributed by atoms with Gasteiger partial charge in [-0.05, 0) is 18.6 Å². The molecule has 0 atom stereocenters. The fourth-order valence-electron chi connectivity index (χ4n) is 1.55. The lowest BCUT2D eigenvalue weighted by molar-refractivity contribution is 0.0952. The van der Waals surface area contributed by atoms with Gasteiger partial charge in [-0.2, -0.15) is 0 Å². The van der Waals surface area contributed by atoms with Crippen LogP contribution in [0.1, 0.15) is 42.2 Å². The second-order valence-electron chi connectivity index (χ2n) is 3.97. The van der Waals surface area contributed by atoms with Crippen LogP contribution in [0.4, 0.5) is 0 Å². The Hall–Kier alpha value is -1.42. The van der Waals surface area contributed by atoms with Crippen molar-refractivity contribution in [1.29, 1.82) is 0 Å². The van der Waals surface area contributed by atoms with Gasteiger partial charge in [0.2, 0.25) is 0 Å². The van der Waals surface area contributed by atoms with Crippen LogP contribution in [0.5, 0.6) is 0 Å². The number of rotatable bonds is 7. The normalized spacial score (nSPS) is 10.2. The Bertz CT molecular complexity index is 353. The molecule has 0 bridgehead atoms. The molecule has 4 nitrogen and oxygen atoms in total. The first-order valence-corrected chi connectivity index (χ1v) is 6.12. The molecule has 0 aromatic carbocycles. The predicted molar refractivity (Wildman–Crippen MR) is 66.9 cm³/mol. The molecule has 1 rings (SSSR count). The third kappa shape index (κ3) is 4.95. The summed E-state index contributed by atoms with van der Waals surface area (Å²) in [5.74, 6) is -0.0670. The predicted octanol–water partition coefficient (Wildman–Crippen LogP) is 1.54. The first-order chi connectivity index (χ1) is 8.27. The number of aliphatic hydroxyl groups is 1. The minimum absolute atomic E-state index is 0.0502. The standard InChI is InChI=1S/C13H20N2O2/c1-2-3-4-7-15-13(17)11-5-8-14-12(10-11)6-9-16/h5,8,10,16H,2-4,6-7,9H2,1H3,(H,15,17). The molecule has 2 N–H and O–H groups in total. The minimum Gasteiger partial charge on any atom is -0.396 e. The van der Waals surface area contributed by atoms with E-state index in [0.29, 0.717) is 18.5 Å². The van der Waals surface area contributed by atoms with Crippen molar-refractivity contribution < 1.29 is 9.90 Å². The van der Waals surface area contributed by atoms with E-state index in [1.165, 1.54) is 0 Å². The van der Waals surface area contributed by atoms with Crippen molar-refractivity contribution in [2.45, 2.75) is 32.6 Å². The van der Waals surface area contributed by atoms with E-state index in [1.807, 2.05) is 0 Å². The van der Waals surface area contributed by atoms with Gasteiger partial charge in [0.15, 0.2) is 0 Å². The summed E-state index contributed by atoms with van der Waals surface area (Å²) >= 11 is 0. The molecule has 0 aliphatic heterocycles. The van der Waals surface area contributed by atoms with Gasteiger partial charge >= 0.3 is 0 Å². The van der Waals surface area contributed by atoms with Crippen molar-refractivity contribution in [3.05, 3.63) is 29.6 Å². The molecule has 17 heavy (non-hydrogen) atoms. The van der Waals surface area contributed by atoms with Gasteiger partial charge in [-0.3, -0.25) is 9.78 Å². The van der Waals surface area contributed by atoms with Crippen LogP contribution in [0.25, 0.3) is 0 Å². The van der Waals surface area contributed by atoms with Gasteiger partial charge in [0.25, 0.3) is 5.91 Å². The van der Waals surface area contributed by atoms with E-state index in [0.717, 1.165) is 25.0 Å². The summed E-state index contributed by atoms with van der Waals surface area (Å²) in [5.41, 5.74) is 1.36. The highest BCUT2D eigenvalue weighted by Gasteiger charge is 2.05. The second kappa shape index (κ2) is 7.79. The number of carbonyl (C=O) groups is 1. The van der Waals surface area contributed by atoms with Gasteiger partial charge in [-0.25, -0.2) is 0 Å². The third-order valence-corrected chi connectivity index (χ3v) is 2.51. The van der Waals surface area contributed by atoms with Crippen molar-refractivity contribution in [2.75, 3.05) is 13.2 Å². The van der Waals surface area contributed by atoms with Crippen molar-refractivity contribution in [3.63, 3.8) is 0 Å². The number of aliphatic hydroxyl groups excluding tert-OH is 1. The molecule has 0 spiro atoms. The molecule has 94 valence electrons. The van der Waals surface area contributed by atoms with E-state index < -0.39 is 0 Å². The molecule has 0 aliphatic rings. The Labute approximate surface area is 102 Å². The zero-order valence-electron chi connectivity index (χ0n) is 10.3. The van der Waals surface area contributed by atoms with E-state index in [1.54, 1.807) is 18.3 Å². The Morgan fingerprint density at radius 1 is 1.47 bits per heavy atom. The van der Waals surface area contributed by atoms with Crippen LogP contribution in [0.3, 0.4) is 0 Å². The number of hydrogen-bond acceptors (Lipinski definition) is 3. The first-order valence-electron chi connectivity index (χ1n) is 6.12. The lowest BCUT2D eigenvalue weighted by Crippen LogP contribution is -2.24. The van der Waals surface area contributed by atoms with Crippen LogP contribution in [0.2, 0.25) is 0 Å². The highest BCUT2D eigenvalue weighted by molar-refractivity contribution is 5.94. The van der Waals surface area contributed by atoms with Crippen LogP contribution >= 0.6 is 0 Å². The number of nitrogens with one attached hydrogen (secondary N) is 1. The van der Waals surface area contributed by atoms with Gasteiger partial charge in [0, 0.05) is 37.0 Å². The molecule has 0 unspecified atom stereocenters. The van der Waals surface area contributed by atoms with E-state index >= 15 is 0 Å². The van der Waals surface area contributed by atoms with Crippen LogP contribution in [-0.4, -0.2) is 29.1 Å². The average molecular weight is 236 g/mol. The maximum absolute atomic E-state index is 11.8. The van der Waals surface area contributed by atoms with E-state index in [-0.39, 0.29) is 12.5 Å². The van der Waals surface area contributed by atoms with Crippen LogP contribution in [0, 0.1) is 0 Å². The lowest BCUT2D eigenvalue weighted by atomic mass is 10.2. The molecule has 4 heteroatoms. The van der Waals surface area contributed by atoms with Gasteiger partial charge in [0.05, 0.1) is 0 Å². The Balaban J connectivity index is 2.47. The van der Waals surface area contributed by atoms with Gasteiger partial charge < -0.3 is 10.4 Å². The summed E-state index contributed by atoms with van der Waals surface area (Å²) < 4.78 is 0. The smallest absolute Gasteiger partial charge is 0.251 e. The maximum Gasteiger partial charge on any atom is 0.251 e. The maximum atomic E-state index is 11.8. The summed E-state index contributed by atoms with van der Waals surface area (Å²) in [6.45, 7) is 2.89. The van der Waals surface area contributed by atoms with Gasteiger partial charge in [-0.1, -0.05) is 19.8 Å². The van der Waals surface area contributed by atoms with Gasteiger partial charge in [-0.15, -0.1) is 0 Å². The van der Waals surface area contributed by atoms with Crippen molar-refractivity contribution in [1.82, 2.24) is 10.3 Å². The van der Waals surface area contributed by atoms with Crippen LogP contribution in [-0.2, 0) is 6.42 Å². The molecular weight excluding hydrogens is 216 g/mol. The van der Waals surface area contributed by atoms with E-state index in [2.05, 4.69) is 17.2 Å². The number of carbonyl (C=O) groups excluding carboxylic acids is 1. The van der Waals surface area contributed by atoms with E-state index in [9.17, 15) is 4.79 Å². The van der Waals surface area contributed by atoms with E-state index in [4.69, 9.17) is 5.11 Å². The fraction of sp³-hybridized carbons (Fsp3) is 0.538. The molecule has 0 aliphatic carbocycles. The molecule has 0 saturated carbocycles. The largest absolute Gasteiger partial charge is 0.396 e. The average Bonchev–Trinajstić information content (AvgIpc) is 2.35. The van der Waals surface area contributed by atoms with Crippen LogP contribution in [0.15, 0.2) is 18.3 Å². The molecular formula is C13H20N2O2. The Morgan fingerprint density at radius 3 is 3.00 bits per heavy atom. The lowest BCUT2D eigenvalue weighted by Gasteiger charge is -2.05. The highest BCUT2D eigenvalue weighted by atomic mass is 16.3. The number of nitrogens with zero attached hydrogens (tertiary/aromatic N) is 1. The summed E-state index contributed by atoms with van der Waals surface area (Å²) in [4.78, 5) is 15.8. The van der Waals surface area contributed by atoms with Crippen LogP contribution < -0.4 is 5.32 Å². The second-order valence-corrected chi connectivity index (χ2v) is 3.97. The fourth-order valence-corrected chi connectivity index (χ4v) is 1.55. The Morgan fingerprint density at radius 2 is 2.29 bits per heavy atom. The summed E-state index contributed by atoms with van der Waals surface area (Å²) in [7, 11) is 0. The molecule has 0 saturated heterocycles. The van der Waals surface area contributed by atoms with Crippen molar-refractivity contribution in [2.24, 2.45) is 0 Å². The molecule has 0 fully saturated rings. The monoisotopic (exact) mass is 236 g/mol. The van der Waals surface area contributed by atoms with Gasteiger partial charge in [0.1, 0.15) is 0 Å². The number of aromatic nitrogens is 1. The number of unbranched alkanes of at least 4 members (excludes halogenated alkanes) is 2. The molecule has 1 aromatic heterocycles. The number of pyridine rings is 1. The molecule has 0 radical (unpaired) electrons. The molecule has 1 aromatic rings. The zero-order chi connectivity index (χ0) is 12.5. The molecule has 1 amide bonds. The number of hydrogen-bond donors (Lipinski definition) is 2. The summed E-state index contributed by atoms with van der Waals surface area (Å²) in [6, 6.07) is 3.42. The highest BCUT2D eigenvalue weighted by Crippen LogP contribution is 2.03. The summed E-state index contributed by atoms with van der Waals surface area (Å²) in [5, 5.41) is 11.7. The topological polar surface area (TPSA) is 62.2 Å². The van der Waals surface area contributed by atoms with Crippen molar-refractivity contribution in [3.8, 4) is 0 Å². The molecule has 1 heterocycles. The quantitative estimate of drug-likeness (QED) is 0.706.